The standard InChI is InChI=1S/C55H64B6N5O7.Pt/c1-51(2,3)37-26-27-63-50(28-37)66-46-21-17-16-20-44(46)45-25-24-42(33-49(45)66)67-43-32-41(34-62-35-43)65-36-64(47-22-18-19-23-48(47)65)40-30-38(56-68-58(52(4,5)6)72-59(69-56)53(7,8)9)29-39(31-40)57-70-60(54(10,11)12)73-61(71-57)55(13,14)15;/h16-31,34-36H,1-15H3;/q-3;. The Bertz CT molecular complexity index is 3070. The van der Waals surface area contributed by atoms with Crippen LogP contribution in [0.3, 0.4) is 0 Å². The number of fused-ring (bicyclic) bond motifs is 4. The number of ether oxygens (including phenoxy) is 1. The molecule has 3 aliphatic rings. The van der Waals surface area contributed by atoms with Gasteiger partial charge in [-0.1, -0.05) is 158 Å². The van der Waals surface area contributed by atoms with E-state index in [1.807, 2.05) is 31.1 Å². The van der Waals surface area contributed by atoms with Crippen LogP contribution in [-0.2, 0) is 53.9 Å². The monoisotopic (exact) mass is 1170 g/mol. The first-order valence-electron chi connectivity index (χ1n) is 25.4. The van der Waals surface area contributed by atoms with Crippen LogP contribution in [0.15, 0.2) is 110 Å². The van der Waals surface area contributed by atoms with E-state index in [0.29, 0.717) is 17.2 Å². The summed E-state index contributed by atoms with van der Waals surface area (Å²) in [5.74, 6) is 1.78. The zero-order valence-electron chi connectivity index (χ0n) is 45.3. The predicted molar refractivity (Wildman–Crippen MR) is 300 cm³/mol. The molecule has 0 spiro atoms. The zero-order valence-corrected chi connectivity index (χ0v) is 47.6. The third kappa shape index (κ3) is 10.9. The fourth-order valence-electron chi connectivity index (χ4n) is 9.23. The average Bonchev–Trinajstić information content (AvgIpc) is 3.89. The average molecular weight is 1170 g/mol. The van der Waals surface area contributed by atoms with Crippen molar-refractivity contribution >= 4 is 98.2 Å². The summed E-state index contributed by atoms with van der Waals surface area (Å²) < 4.78 is 48.8. The molecule has 74 heavy (non-hydrogen) atoms. The van der Waals surface area contributed by atoms with Crippen molar-refractivity contribution in [3.05, 3.63) is 134 Å². The Morgan fingerprint density at radius 1 is 0.541 bits per heavy atom. The van der Waals surface area contributed by atoms with Crippen molar-refractivity contribution in [1.82, 2.24) is 14.5 Å². The third-order valence-corrected chi connectivity index (χ3v) is 13.2. The Labute approximate surface area is 455 Å². The summed E-state index contributed by atoms with van der Waals surface area (Å²) in [5, 5.41) is 0.786. The molecule has 382 valence electrons. The molecule has 0 saturated carbocycles. The van der Waals surface area contributed by atoms with Crippen LogP contribution < -0.4 is 25.5 Å². The third-order valence-electron chi connectivity index (χ3n) is 13.2. The van der Waals surface area contributed by atoms with Gasteiger partial charge in [0, 0.05) is 61.3 Å². The Balaban J connectivity index is 0.00000672. The maximum Gasteiger partial charge on any atom is 0.466 e. The molecule has 2 fully saturated rings. The van der Waals surface area contributed by atoms with Gasteiger partial charge in [0.05, 0.1) is 0 Å². The van der Waals surface area contributed by atoms with Gasteiger partial charge in [0.1, 0.15) is 5.82 Å². The summed E-state index contributed by atoms with van der Waals surface area (Å²) in [7, 11) is -3.75. The van der Waals surface area contributed by atoms with Crippen LogP contribution >= 0.6 is 0 Å². The number of hydrogen-bond donors (Lipinski definition) is 0. The normalized spacial score (nSPS) is 16.1. The molecule has 0 radical (unpaired) electrons. The molecule has 0 bridgehead atoms. The van der Waals surface area contributed by atoms with Gasteiger partial charge in [-0.3, -0.25) is 0 Å². The van der Waals surface area contributed by atoms with E-state index in [2.05, 4.69) is 203 Å². The fraction of sp³-hybridized carbons (Fsp3) is 0.364. The first-order valence-corrected chi connectivity index (χ1v) is 25.4. The van der Waals surface area contributed by atoms with Gasteiger partial charge in [-0.05, 0) is 97.2 Å². The number of nitrogens with zero attached hydrogens (tertiary/aromatic N) is 5. The van der Waals surface area contributed by atoms with Crippen LogP contribution in [0.4, 0.5) is 22.7 Å². The van der Waals surface area contributed by atoms with E-state index >= 15 is 0 Å². The van der Waals surface area contributed by atoms with Crippen LogP contribution in [-0.4, -0.2) is 57.2 Å². The van der Waals surface area contributed by atoms with E-state index in [1.54, 1.807) is 12.4 Å². The van der Waals surface area contributed by atoms with Crippen molar-refractivity contribution < 1.29 is 53.2 Å². The van der Waals surface area contributed by atoms with Gasteiger partial charge in [0.15, 0.2) is 0 Å². The largest absolute Gasteiger partial charge is 0.508 e. The number of benzene rings is 4. The molecular weight excluding hydrogens is 1100 g/mol. The molecule has 3 aromatic heterocycles. The van der Waals surface area contributed by atoms with Gasteiger partial charge in [0.2, 0.25) is 0 Å². The van der Waals surface area contributed by atoms with E-state index < -0.39 is 42.7 Å². The summed E-state index contributed by atoms with van der Waals surface area (Å²) in [5.41, 5.74) is 7.98. The maximum absolute atomic E-state index is 6.76. The number of pyridine rings is 2. The summed E-state index contributed by atoms with van der Waals surface area (Å²) >= 11 is 0. The molecule has 4 aromatic carbocycles. The van der Waals surface area contributed by atoms with E-state index in [-0.39, 0.29) is 47.7 Å². The summed E-state index contributed by atoms with van der Waals surface area (Å²) in [6.07, 6.45) is 5.34. The van der Waals surface area contributed by atoms with Crippen molar-refractivity contribution in [1.29, 1.82) is 0 Å². The molecule has 0 aliphatic carbocycles. The molecular formula is C55H64B6N5O7Pt-3. The molecule has 0 amide bonds. The number of anilines is 4. The van der Waals surface area contributed by atoms with Gasteiger partial charge in [0.25, 0.3) is 0 Å². The number of hydrogen-bond acceptors (Lipinski definition) is 11. The minimum Gasteiger partial charge on any atom is -0.508 e. The van der Waals surface area contributed by atoms with Crippen LogP contribution in [0.1, 0.15) is 109 Å². The molecule has 0 atom stereocenters. The van der Waals surface area contributed by atoms with Crippen molar-refractivity contribution in [3.8, 4) is 17.3 Å². The van der Waals surface area contributed by atoms with Crippen molar-refractivity contribution in [2.75, 3.05) is 9.80 Å². The van der Waals surface area contributed by atoms with E-state index in [1.165, 1.54) is 5.56 Å². The molecule has 0 N–H and O–H groups in total. The van der Waals surface area contributed by atoms with Crippen LogP contribution in [0.2, 0.25) is 21.3 Å². The summed E-state index contributed by atoms with van der Waals surface area (Å²) in [6, 6.07) is 38.3. The SMILES string of the molecule is CC(C)(C)B1OB(c2cc(B3OB(C(C)(C)C)OB(C(C)(C)C)O3)cc(N3[CH-]N(c4[c-]c(Oc5[c-]c6c(cc5)c5ccccc5n6-c5cc(C(C)(C)C)ccn5)cnc4)c4ccccc43)c2)OB(C(C)(C)C)O1.[Pt]. The van der Waals surface area contributed by atoms with E-state index in [9.17, 15) is 0 Å². The Morgan fingerprint density at radius 2 is 1.08 bits per heavy atom. The van der Waals surface area contributed by atoms with Gasteiger partial charge in [-0.25, -0.2) is 4.98 Å². The number of rotatable bonds is 7. The van der Waals surface area contributed by atoms with Gasteiger partial charge >= 0.3 is 42.7 Å². The number of para-hydroxylation sites is 3. The molecule has 2 saturated heterocycles. The summed E-state index contributed by atoms with van der Waals surface area (Å²) in [4.78, 5) is 13.8. The van der Waals surface area contributed by atoms with Gasteiger partial charge < -0.3 is 51.5 Å². The number of aromatic nitrogens is 3. The molecule has 19 heteroatoms. The minimum atomic E-state index is -0.778. The van der Waals surface area contributed by atoms with Crippen LogP contribution in [0.25, 0.3) is 27.6 Å². The van der Waals surface area contributed by atoms with Gasteiger partial charge in [-0.15, -0.1) is 30.3 Å². The molecule has 3 aliphatic heterocycles. The van der Waals surface area contributed by atoms with E-state index in [4.69, 9.17) is 42.1 Å². The second-order valence-electron chi connectivity index (χ2n) is 24.9. The predicted octanol–water partition coefficient (Wildman–Crippen LogP) is 12.3. The van der Waals surface area contributed by atoms with Crippen LogP contribution in [0.5, 0.6) is 11.5 Å². The van der Waals surface area contributed by atoms with Crippen LogP contribution in [0, 0.1) is 18.8 Å². The Hall–Kier alpha value is -4.78. The molecule has 12 nitrogen and oxygen atoms in total. The first kappa shape index (κ1) is 54.0. The Morgan fingerprint density at radius 3 is 1.64 bits per heavy atom. The first-order chi connectivity index (χ1) is 34.3. The van der Waals surface area contributed by atoms with Crippen molar-refractivity contribution in [2.45, 2.75) is 131 Å². The Kier molecular flexibility index (Phi) is 14.6. The second-order valence-corrected chi connectivity index (χ2v) is 24.9. The smallest absolute Gasteiger partial charge is 0.466 e. The minimum absolute atomic E-state index is 0. The quantitative estimate of drug-likeness (QED) is 0.113. The van der Waals surface area contributed by atoms with Crippen molar-refractivity contribution in [3.63, 3.8) is 0 Å². The molecule has 0 unspecified atom stereocenters. The van der Waals surface area contributed by atoms with Gasteiger partial charge in [-0.2, -0.15) is 6.07 Å². The topological polar surface area (TPSA) is 102 Å². The second kappa shape index (κ2) is 20.0. The molecule has 10 rings (SSSR count). The van der Waals surface area contributed by atoms with Crippen molar-refractivity contribution in [2.24, 2.45) is 0 Å². The molecule has 7 aromatic rings. The maximum atomic E-state index is 6.76. The fourth-order valence-corrected chi connectivity index (χ4v) is 9.23. The van der Waals surface area contributed by atoms with E-state index in [0.717, 1.165) is 55.6 Å². The summed E-state index contributed by atoms with van der Waals surface area (Å²) in [6.45, 7) is 34.1. The zero-order chi connectivity index (χ0) is 52.0. The molecule has 6 heterocycles.